The molecule has 0 radical (unpaired) electrons. The molecule has 0 aliphatic carbocycles. The fourth-order valence-electron chi connectivity index (χ4n) is 2.82. The number of nitro benzene ring substituents is 1. The van der Waals surface area contributed by atoms with E-state index in [1.54, 1.807) is 18.2 Å². The lowest BCUT2D eigenvalue weighted by molar-refractivity contribution is -0.383. The monoisotopic (exact) mass is 454 g/mol. The third kappa shape index (κ3) is 4.85. The maximum Gasteiger partial charge on any atom is 0.433 e. The molecule has 4 rings (SSSR count). The van der Waals surface area contributed by atoms with Crippen molar-refractivity contribution in [2.45, 2.75) is 12.4 Å². The first-order valence-corrected chi connectivity index (χ1v) is 8.70. The van der Waals surface area contributed by atoms with Gasteiger partial charge in [-0.25, -0.2) is 0 Å². The number of nitrogens with two attached hydrogens (primary N) is 1. The number of hydrogen-bond donors (Lipinski definition) is 1. The molecule has 2 aromatic carbocycles. The summed E-state index contributed by atoms with van der Waals surface area (Å²) in [6.07, 6.45) is -6.89. The zero-order chi connectivity index (χ0) is 23.7. The molecule has 0 aliphatic heterocycles. The molecule has 0 fully saturated rings. The minimum atomic E-state index is -4.61. The largest absolute Gasteiger partial charge is 0.433 e. The molecule has 6 nitrogen and oxygen atoms in total. The van der Waals surface area contributed by atoms with Crippen LogP contribution >= 0.6 is 0 Å². The highest BCUT2D eigenvalue weighted by Gasteiger charge is 2.33. The number of nitrogens with zero attached hydrogens (tertiary/aromatic N) is 3. The van der Waals surface area contributed by atoms with E-state index in [4.69, 9.17) is 5.73 Å². The number of benzene rings is 2. The highest BCUT2D eigenvalue weighted by Crippen LogP contribution is 2.33. The maximum absolute atomic E-state index is 12.4. The van der Waals surface area contributed by atoms with Crippen LogP contribution in [0.3, 0.4) is 0 Å². The van der Waals surface area contributed by atoms with Crippen LogP contribution in [-0.2, 0) is 12.4 Å². The number of nitrogen functional groups attached to an aromatic ring is 1. The maximum atomic E-state index is 12.4. The van der Waals surface area contributed by atoms with E-state index in [0.717, 1.165) is 18.3 Å². The minimum absolute atomic E-state index is 0.0696. The van der Waals surface area contributed by atoms with Crippen molar-refractivity contribution in [2.75, 3.05) is 5.73 Å². The number of fused-ring (bicyclic) bond motifs is 2. The summed E-state index contributed by atoms with van der Waals surface area (Å²) in [6, 6.07) is 10.6. The molecule has 2 aromatic heterocycles. The Morgan fingerprint density at radius 1 is 0.781 bits per heavy atom. The summed E-state index contributed by atoms with van der Waals surface area (Å²) in [5, 5.41) is 11.9. The number of nitro groups is 1. The van der Waals surface area contributed by atoms with Gasteiger partial charge in [0.05, 0.1) is 10.3 Å². The molecule has 0 atom stereocenters. The second-order valence-electron chi connectivity index (χ2n) is 6.46. The zero-order valence-electron chi connectivity index (χ0n) is 15.8. The fourth-order valence-corrected chi connectivity index (χ4v) is 2.82. The molecular formula is C20H12F6N4O2. The van der Waals surface area contributed by atoms with Gasteiger partial charge in [0.15, 0.2) is 0 Å². The molecule has 12 heteroatoms. The number of alkyl halides is 6. The third-order valence-corrected chi connectivity index (χ3v) is 4.32. The van der Waals surface area contributed by atoms with Crippen molar-refractivity contribution in [1.29, 1.82) is 0 Å². The lowest BCUT2D eigenvalue weighted by Gasteiger charge is -2.07. The highest BCUT2D eigenvalue weighted by molar-refractivity contribution is 5.92. The zero-order valence-corrected chi connectivity index (χ0v) is 15.8. The summed E-state index contributed by atoms with van der Waals surface area (Å²) in [6.45, 7) is 0. The molecule has 166 valence electrons. The van der Waals surface area contributed by atoms with Crippen LogP contribution in [0, 0.1) is 10.1 Å². The predicted octanol–water partition coefficient (Wildman–Crippen LogP) is 6.00. The molecule has 2 N–H and O–H groups in total. The van der Waals surface area contributed by atoms with Crippen molar-refractivity contribution < 1.29 is 31.3 Å². The van der Waals surface area contributed by atoms with Crippen LogP contribution in [0.5, 0.6) is 0 Å². The van der Waals surface area contributed by atoms with Gasteiger partial charge >= 0.3 is 12.4 Å². The Kier molecular flexibility index (Phi) is 5.88. The van der Waals surface area contributed by atoms with Crippen molar-refractivity contribution in [3.63, 3.8) is 0 Å². The molecule has 0 bridgehead atoms. The Bertz CT molecular complexity index is 1300. The van der Waals surface area contributed by atoms with E-state index in [0.29, 0.717) is 27.9 Å². The second-order valence-corrected chi connectivity index (χ2v) is 6.46. The number of non-ortho nitro benzene ring substituents is 1. The standard InChI is InChI=1S/C10H5F3N2O2.C10H7F3N2/c11-10(12,13)9-4-7-6(5-14-9)2-1-3-8(7)15(16)17;11-10(12,13)9-4-7-6(5-15-9)2-1-3-8(7)14/h1-5H;1-5H,14H2. The van der Waals surface area contributed by atoms with Crippen LogP contribution in [0.25, 0.3) is 21.5 Å². The average molecular weight is 454 g/mol. The molecule has 0 amide bonds. The molecular weight excluding hydrogens is 442 g/mol. The second kappa shape index (κ2) is 8.29. The van der Waals surface area contributed by atoms with Crippen LogP contribution in [-0.4, -0.2) is 14.9 Å². The van der Waals surface area contributed by atoms with Gasteiger partial charge in [-0.15, -0.1) is 0 Å². The number of rotatable bonds is 1. The molecule has 0 unspecified atom stereocenters. The first-order valence-electron chi connectivity index (χ1n) is 8.70. The summed E-state index contributed by atoms with van der Waals surface area (Å²) in [5.74, 6) is 0. The van der Waals surface area contributed by atoms with Gasteiger partial charge in [0, 0.05) is 40.3 Å². The normalized spacial score (nSPS) is 11.8. The van der Waals surface area contributed by atoms with Crippen LogP contribution in [0.2, 0.25) is 0 Å². The lowest BCUT2D eigenvalue weighted by atomic mass is 10.1. The van der Waals surface area contributed by atoms with Gasteiger partial charge in [-0.2, -0.15) is 26.3 Å². The smallest absolute Gasteiger partial charge is 0.398 e. The number of aromatic nitrogens is 2. The topological polar surface area (TPSA) is 94.9 Å². The molecule has 32 heavy (non-hydrogen) atoms. The van der Waals surface area contributed by atoms with Crippen LogP contribution in [0.4, 0.5) is 37.7 Å². The highest BCUT2D eigenvalue weighted by atomic mass is 19.4. The fraction of sp³-hybridized carbons (Fsp3) is 0.100. The van der Waals surface area contributed by atoms with Crippen molar-refractivity contribution in [3.05, 3.63) is 82.4 Å². The Balaban J connectivity index is 0.000000182. The number of pyridine rings is 2. The number of halogens is 6. The van der Waals surface area contributed by atoms with E-state index in [-0.39, 0.29) is 11.1 Å². The van der Waals surface area contributed by atoms with Gasteiger partial charge in [0.2, 0.25) is 0 Å². The Labute approximate surface area is 175 Å². The molecule has 0 saturated heterocycles. The third-order valence-electron chi connectivity index (χ3n) is 4.32. The van der Waals surface area contributed by atoms with E-state index in [1.807, 2.05) is 0 Å². The van der Waals surface area contributed by atoms with Crippen molar-refractivity contribution in [3.8, 4) is 0 Å². The summed E-state index contributed by atoms with van der Waals surface area (Å²) in [4.78, 5) is 16.5. The summed E-state index contributed by atoms with van der Waals surface area (Å²) < 4.78 is 74.3. The van der Waals surface area contributed by atoms with Crippen molar-refractivity contribution in [2.24, 2.45) is 0 Å². The van der Waals surface area contributed by atoms with E-state index in [1.165, 1.54) is 18.3 Å². The summed E-state index contributed by atoms with van der Waals surface area (Å²) >= 11 is 0. The van der Waals surface area contributed by atoms with Crippen LogP contribution < -0.4 is 5.73 Å². The minimum Gasteiger partial charge on any atom is -0.398 e. The molecule has 2 heterocycles. The first kappa shape index (κ1) is 22.7. The summed E-state index contributed by atoms with van der Waals surface area (Å²) in [7, 11) is 0. The molecule has 0 spiro atoms. The lowest BCUT2D eigenvalue weighted by Crippen LogP contribution is -2.07. The van der Waals surface area contributed by atoms with E-state index < -0.39 is 28.7 Å². The molecule has 0 aliphatic rings. The van der Waals surface area contributed by atoms with Gasteiger partial charge in [-0.3, -0.25) is 20.1 Å². The van der Waals surface area contributed by atoms with Gasteiger partial charge in [0.1, 0.15) is 11.4 Å². The Hall–Kier alpha value is -3.96. The Morgan fingerprint density at radius 2 is 1.25 bits per heavy atom. The van der Waals surface area contributed by atoms with Crippen LogP contribution in [0.1, 0.15) is 11.4 Å². The van der Waals surface area contributed by atoms with Crippen molar-refractivity contribution >= 4 is 32.9 Å². The average Bonchev–Trinajstić information content (AvgIpc) is 2.72. The predicted molar refractivity (Wildman–Crippen MR) is 105 cm³/mol. The van der Waals surface area contributed by atoms with Gasteiger partial charge in [-0.05, 0) is 18.2 Å². The first-order chi connectivity index (χ1) is 14.9. The summed E-state index contributed by atoms with van der Waals surface area (Å²) in [5.41, 5.74) is 3.46. The van der Waals surface area contributed by atoms with Gasteiger partial charge < -0.3 is 5.73 Å². The number of hydrogen-bond acceptors (Lipinski definition) is 5. The van der Waals surface area contributed by atoms with E-state index >= 15 is 0 Å². The SMILES string of the molecule is Nc1cccc2cnc(C(F)(F)F)cc12.O=[N+]([O-])c1cccc2cnc(C(F)(F)F)cc12. The van der Waals surface area contributed by atoms with Crippen LogP contribution in [0.15, 0.2) is 60.9 Å². The van der Waals surface area contributed by atoms with Gasteiger partial charge in [0.25, 0.3) is 5.69 Å². The van der Waals surface area contributed by atoms with Crippen molar-refractivity contribution in [1.82, 2.24) is 9.97 Å². The van der Waals surface area contributed by atoms with Gasteiger partial charge in [-0.1, -0.05) is 24.3 Å². The van der Waals surface area contributed by atoms with E-state index in [9.17, 15) is 36.5 Å². The molecule has 0 saturated carbocycles. The van der Waals surface area contributed by atoms with E-state index in [2.05, 4.69) is 9.97 Å². The number of anilines is 1. The Morgan fingerprint density at radius 3 is 1.75 bits per heavy atom. The quantitative estimate of drug-likeness (QED) is 0.165. The molecule has 4 aromatic rings.